The van der Waals surface area contributed by atoms with Crippen LogP contribution >= 0.6 is 94.1 Å². The fraction of sp³-hybridized carbons (Fsp3) is 0. The smallest absolute Gasteiger partial charge is 0.349 e. The Hall–Kier alpha value is -9.32. The van der Waals surface area contributed by atoms with Crippen LogP contribution < -0.4 is 87.4 Å². The average molecular weight is 1620 g/mol. The lowest BCUT2D eigenvalue weighted by molar-refractivity contribution is 0.628. The van der Waals surface area contributed by atoms with E-state index in [1.54, 1.807) is 0 Å². The Morgan fingerprint density at radius 1 is 0.103 bits per heavy atom. The highest BCUT2D eigenvalue weighted by atomic mass is 32.2. The second-order valence-corrected chi connectivity index (χ2v) is 37.7. The molecule has 0 saturated carbocycles. The number of benzene rings is 16. The van der Waals surface area contributed by atoms with Gasteiger partial charge < -0.3 is 18.3 Å². The zero-order valence-electron chi connectivity index (χ0n) is 62.5. The van der Waals surface area contributed by atoms with Gasteiger partial charge in [0, 0.05) is 78.3 Å². The molecular weight excluding hydrogens is 1560 g/mol. The molecule has 0 amide bonds. The predicted octanol–water partition coefficient (Wildman–Crippen LogP) is 14.2. The van der Waals surface area contributed by atoms with Gasteiger partial charge in [-0.1, -0.05) is 385 Å². The van der Waals surface area contributed by atoms with E-state index in [0.717, 1.165) is 0 Å². The van der Waals surface area contributed by atoms with Gasteiger partial charge in [0.25, 0.3) is 0 Å². The first kappa shape index (κ1) is 74.2. The molecule has 0 fully saturated rings. The quantitative estimate of drug-likeness (QED) is 0.136. The number of hydrogen-bond donors (Lipinski definition) is 0. The van der Waals surface area contributed by atoms with Crippen LogP contribution in [0.5, 0.6) is 0 Å². The van der Waals surface area contributed by atoms with E-state index in [4.69, 9.17) is 18.3 Å². The molecule has 116 heavy (non-hydrogen) atoms. The van der Waals surface area contributed by atoms with Crippen LogP contribution in [0.1, 0.15) is 0 Å². The summed E-state index contributed by atoms with van der Waals surface area (Å²) < 4.78 is 28.0. The summed E-state index contributed by atoms with van der Waals surface area (Å²) in [4.78, 5) is 20.5. The van der Waals surface area contributed by atoms with Gasteiger partial charge in [0.1, 0.15) is 0 Å². The maximum absolute atomic E-state index is 7.01. The topological polar surface area (TPSA) is 36.9 Å². The summed E-state index contributed by atoms with van der Waals surface area (Å²) in [5.41, 5.74) is 20.1. The van der Waals surface area contributed by atoms with Crippen molar-refractivity contribution < 1.29 is 18.3 Å². The Morgan fingerprint density at radius 3 is 0.250 bits per heavy atom. The molecule has 4 nitrogen and oxygen atoms in total. The minimum Gasteiger partial charge on any atom is -0.483 e. The molecule has 0 saturated heterocycles. The second-order valence-electron chi connectivity index (χ2n) is 29.0. The summed E-state index contributed by atoms with van der Waals surface area (Å²) in [6.45, 7) is -0.683. The Balaban J connectivity index is 0.0000000966. The van der Waals surface area contributed by atoms with Gasteiger partial charge in [-0.2, -0.15) is 0 Å². The van der Waals surface area contributed by atoms with Crippen LogP contribution in [0.4, 0.5) is 0 Å². The van der Waals surface area contributed by atoms with Gasteiger partial charge in [0.05, 0.1) is 0 Å². The highest BCUT2D eigenvalue weighted by molar-refractivity contribution is 8.02. The van der Waals surface area contributed by atoms with Crippen molar-refractivity contribution >= 4 is 237 Å². The zero-order valence-corrected chi connectivity index (χ0v) is 69.0. The first-order chi connectivity index (χ1) is 57.5. The van der Waals surface area contributed by atoms with Crippen molar-refractivity contribution in [2.45, 2.75) is 78.3 Å². The lowest BCUT2D eigenvalue weighted by Crippen LogP contribution is -2.59. The summed E-state index contributed by atoms with van der Waals surface area (Å²) in [5, 5.41) is 0. The molecule has 24 rings (SSSR count). The standard InChI is InChI=1S/4C24H16B2OS2/c4*1-5-13-21-17(9-1)25(18-10-2-6-14-22(18)28-21)27-26-19-11-3-7-15-23(19)29-24-16-8-4-12-20(24)26/h4*1-16H. The Bertz CT molecular complexity index is 4930. The third-order valence-electron chi connectivity index (χ3n) is 22.1. The van der Waals surface area contributed by atoms with E-state index < -0.39 is 0 Å². The van der Waals surface area contributed by atoms with Gasteiger partial charge in [0.15, 0.2) is 0 Å². The molecule has 0 aromatic heterocycles. The Labute approximate surface area is 715 Å². The summed E-state index contributed by atoms with van der Waals surface area (Å²) in [7, 11) is 0. The maximum atomic E-state index is 7.01. The lowest BCUT2D eigenvalue weighted by atomic mass is 9.47. The Kier molecular flexibility index (Phi) is 21.3. The van der Waals surface area contributed by atoms with Crippen molar-refractivity contribution in [1.82, 2.24) is 0 Å². The molecule has 544 valence electrons. The second kappa shape index (κ2) is 33.2. The van der Waals surface area contributed by atoms with E-state index in [9.17, 15) is 0 Å². The van der Waals surface area contributed by atoms with Crippen LogP contribution in [0.2, 0.25) is 0 Å². The third-order valence-corrected chi connectivity index (χ3v) is 31.5. The monoisotopic (exact) mass is 1620 g/mol. The SMILES string of the molecule is c1ccc2c(c1)Sc1ccccc1B2OB1c2ccccc2Sc2ccccc21.c1ccc2c(c1)Sc1ccccc1B2OB1c2ccccc2Sc2ccccc21.c1ccc2c(c1)Sc1ccccc1B2OB1c2ccccc2Sc2ccccc21.c1ccc2c(c1)Sc1ccccc1B2OB1c2ccccc2Sc2ccccc21. The van der Waals surface area contributed by atoms with Crippen LogP contribution in [0.15, 0.2) is 467 Å². The maximum Gasteiger partial charge on any atom is 0.349 e. The molecule has 16 aromatic carbocycles. The van der Waals surface area contributed by atoms with Crippen molar-refractivity contribution in [2.75, 3.05) is 0 Å². The van der Waals surface area contributed by atoms with Gasteiger partial charge in [-0.05, 0) is 184 Å². The number of rotatable bonds is 8. The Morgan fingerprint density at radius 2 is 0.172 bits per heavy atom. The zero-order chi connectivity index (χ0) is 76.8. The molecule has 8 heterocycles. The molecule has 8 aliphatic heterocycles. The molecule has 0 bridgehead atoms. The van der Waals surface area contributed by atoms with Crippen LogP contribution in [-0.2, 0) is 18.3 Å². The van der Waals surface area contributed by atoms with Crippen LogP contribution in [0, 0.1) is 0 Å². The molecule has 8 aliphatic rings. The molecule has 0 N–H and O–H groups in total. The van der Waals surface area contributed by atoms with Crippen molar-refractivity contribution in [2.24, 2.45) is 0 Å². The number of hydrogen-bond acceptors (Lipinski definition) is 12. The van der Waals surface area contributed by atoms with Crippen molar-refractivity contribution in [3.05, 3.63) is 388 Å². The summed E-state index contributed by atoms with van der Waals surface area (Å²) in [6, 6.07) is 138. The normalized spacial score (nSPS) is 13.9. The minimum absolute atomic E-state index is 0.0853. The van der Waals surface area contributed by atoms with E-state index in [1.807, 2.05) is 94.1 Å². The first-order valence-electron chi connectivity index (χ1n) is 39.0. The molecule has 0 unspecified atom stereocenters. The predicted molar refractivity (Wildman–Crippen MR) is 501 cm³/mol. The molecule has 0 atom stereocenters. The fourth-order valence-electron chi connectivity index (χ4n) is 16.6. The van der Waals surface area contributed by atoms with Crippen LogP contribution in [0.3, 0.4) is 0 Å². The molecule has 0 radical (unpaired) electrons. The molecule has 0 aliphatic carbocycles. The van der Waals surface area contributed by atoms with Gasteiger partial charge in [-0.25, -0.2) is 0 Å². The molecule has 16 aromatic rings. The van der Waals surface area contributed by atoms with Crippen molar-refractivity contribution in [3.8, 4) is 0 Å². The van der Waals surface area contributed by atoms with E-state index in [0.29, 0.717) is 0 Å². The van der Waals surface area contributed by atoms with Crippen molar-refractivity contribution in [3.63, 3.8) is 0 Å². The fourth-order valence-corrected chi connectivity index (χ4v) is 25.6. The number of fused-ring (bicyclic) bond motifs is 16. The summed E-state index contributed by atoms with van der Waals surface area (Å²) in [6.07, 6.45) is 0. The van der Waals surface area contributed by atoms with E-state index >= 15 is 0 Å². The molecular formula is C96H64B8O4S8. The van der Waals surface area contributed by atoms with E-state index in [1.165, 1.54) is 166 Å². The highest BCUT2D eigenvalue weighted by Crippen LogP contribution is 2.39. The van der Waals surface area contributed by atoms with Gasteiger partial charge in [-0.3, -0.25) is 0 Å². The summed E-state index contributed by atoms with van der Waals surface area (Å²) >= 11 is 14.7. The summed E-state index contributed by atoms with van der Waals surface area (Å²) in [5.74, 6) is 0. The first-order valence-corrected chi connectivity index (χ1v) is 45.5. The highest BCUT2D eigenvalue weighted by Gasteiger charge is 2.44. The van der Waals surface area contributed by atoms with Crippen LogP contribution in [-0.4, -0.2) is 55.3 Å². The largest absolute Gasteiger partial charge is 0.483 e. The average Bonchev–Trinajstić information content (AvgIpc) is 0.763. The van der Waals surface area contributed by atoms with Gasteiger partial charge >= 0.3 is 55.3 Å². The third kappa shape index (κ3) is 14.5. The molecule has 20 heteroatoms. The van der Waals surface area contributed by atoms with E-state index in [-0.39, 0.29) is 55.3 Å². The molecule has 0 spiro atoms. The van der Waals surface area contributed by atoms with Crippen molar-refractivity contribution in [1.29, 1.82) is 0 Å². The van der Waals surface area contributed by atoms with Crippen LogP contribution in [0.25, 0.3) is 0 Å². The minimum atomic E-state index is -0.0853. The lowest BCUT2D eigenvalue weighted by Gasteiger charge is -2.31. The van der Waals surface area contributed by atoms with Gasteiger partial charge in [-0.15, -0.1) is 0 Å². The van der Waals surface area contributed by atoms with E-state index in [2.05, 4.69) is 388 Å². The van der Waals surface area contributed by atoms with Gasteiger partial charge in [0.2, 0.25) is 0 Å².